The molecular formula is C11H12BrN3O2. The molecule has 90 valence electrons. The first-order chi connectivity index (χ1) is 8.19. The average Bonchev–Trinajstić information content (AvgIpc) is 2.76. The molecule has 5 nitrogen and oxygen atoms in total. The van der Waals surface area contributed by atoms with E-state index in [1.165, 1.54) is 0 Å². The smallest absolute Gasteiger partial charge is 0.231 e. The van der Waals surface area contributed by atoms with E-state index < -0.39 is 6.04 Å². The third-order valence-corrected chi connectivity index (χ3v) is 2.75. The van der Waals surface area contributed by atoms with Crippen LogP contribution in [0.3, 0.4) is 0 Å². The summed E-state index contributed by atoms with van der Waals surface area (Å²) in [6.07, 6.45) is 0.546. The quantitative estimate of drug-likeness (QED) is 0.891. The van der Waals surface area contributed by atoms with Gasteiger partial charge in [0.15, 0.2) is 5.82 Å². The Bertz CT molecular complexity index is 501. The van der Waals surface area contributed by atoms with Crippen LogP contribution >= 0.6 is 15.9 Å². The molecule has 0 aliphatic carbocycles. The molecule has 1 aromatic carbocycles. The van der Waals surface area contributed by atoms with Crippen molar-refractivity contribution in [2.75, 3.05) is 6.61 Å². The molecule has 0 fully saturated rings. The molecule has 0 amide bonds. The summed E-state index contributed by atoms with van der Waals surface area (Å²) in [6, 6.07) is 7.26. The number of aliphatic hydroxyl groups is 1. The van der Waals surface area contributed by atoms with Crippen LogP contribution < -0.4 is 5.73 Å². The first-order valence-electron chi connectivity index (χ1n) is 5.12. The number of hydrogen-bond donors (Lipinski definition) is 2. The van der Waals surface area contributed by atoms with E-state index in [0.717, 1.165) is 10.0 Å². The monoisotopic (exact) mass is 297 g/mol. The van der Waals surface area contributed by atoms with Gasteiger partial charge in [0, 0.05) is 4.47 Å². The summed E-state index contributed by atoms with van der Waals surface area (Å²) in [5, 5.41) is 12.6. The molecule has 0 bridgehead atoms. The van der Waals surface area contributed by atoms with Crippen molar-refractivity contribution < 1.29 is 9.63 Å². The summed E-state index contributed by atoms with van der Waals surface area (Å²) >= 11 is 3.40. The summed E-state index contributed by atoms with van der Waals surface area (Å²) in [4.78, 5) is 4.13. The topological polar surface area (TPSA) is 85.2 Å². The Hall–Kier alpha value is -1.24. The number of nitrogens with zero attached hydrogens (tertiary/aromatic N) is 2. The average molecular weight is 298 g/mol. The minimum Gasteiger partial charge on any atom is -0.394 e. The second kappa shape index (κ2) is 5.39. The number of benzene rings is 1. The molecule has 1 atom stereocenters. The van der Waals surface area contributed by atoms with Crippen molar-refractivity contribution in [1.29, 1.82) is 0 Å². The number of aromatic nitrogens is 2. The van der Waals surface area contributed by atoms with Crippen LogP contribution in [-0.2, 0) is 6.42 Å². The Balaban J connectivity index is 2.11. The summed E-state index contributed by atoms with van der Waals surface area (Å²) in [6.45, 7) is -0.199. The third kappa shape index (κ3) is 3.12. The minimum atomic E-state index is -0.588. The lowest BCUT2D eigenvalue weighted by Crippen LogP contribution is -2.16. The maximum Gasteiger partial charge on any atom is 0.231 e. The minimum absolute atomic E-state index is 0.199. The van der Waals surface area contributed by atoms with Gasteiger partial charge in [0.2, 0.25) is 5.89 Å². The van der Waals surface area contributed by atoms with E-state index in [1.807, 2.05) is 24.3 Å². The highest BCUT2D eigenvalue weighted by Gasteiger charge is 2.13. The van der Waals surface area contributed by atoms with Crippen molar-refractivity contribution in [2.24, 2.45) is 5.73 Å². The van der Waals surface area contributed by atoms with Crippen LogP contribution in [0, 0.1) is 0 Å². The fourth-order valence-electron chi connectivity index (χ4n) is 1.39. The predicted molar refractivity (Wildman–Crippen MR) is 65.3 cm³/mol. The highest BCUT2D eigenvalue weighted by atomic mass is 79.9. The number of aliphatic hydroxyl groups excluding tert-OH is 1. The van der Waals surface area contributed by atoms with Gasteiger partial charge in [0.05, 0.1) is 19.1 Å². The normalized spacial score (nSPS) is 12.6. The molecule has 6 heteroatoms. The summed E-state index contributed by atoms with van der Waals surface area (Å²) < 4.78 is 6.07. The fourth-order valence-corrected chi connectivity index (χ4v) is 1.84. The Morgan fingerprint density at radius 3 is 3.00 bits per heavy atom. The lowest BCUT2D eigenvalue weighted by Gasteiger charge is -1.99. The van der Waals surface area contributed by atoms with Gasteiger partial charge < -0.3 is 15.4 Å². The van der Waals surface area contributed by atoms with E-state index in [1.54, 1.807) is 0 Å². The Morgan fingerprint density at radius 2 is 2.29 bits per heavy atom. The van der Waals surface area contributed by atoms with Crippen molar-refractivity contribution in [3.8, 4) is 0 Å². The molecule has 2 aromatic rings. The molecule has 17 heavy (non-hydrogen) atoms. The molecular weight excluding hydrogens is 286 g/mol. The number of nitrogens with two attached hydrogens (primary N) is 1. The predicted octanol–water partition coefficient (Wildman–Crippen LogP) is 1.41. The first-order valence-corrected chi connectivity index (χ1v) is 5.91. The molecule has 0 saturated heterocycles. The summed E-state index contributed by atoms with van der Waals surface area (Å²) in [7, 11) is 0. The van der Waals surface area contributed by atoms with Crippen LogP contribution in [0.15, 0.2) is 33.3 Å². The van der Waals surface area contributed by atoms with E-state index in [-0.39, 0.29) is 6.61 Å². The van der Waals surface area contributed by atoms with E-state index in [0.29, 0.717) is 18.1 Å². The molecule has 2 rings (SSSR count). The van der Waals surface area contributed by atoms with Gasteiger partial charge in [-0.15, -0.1) is 0 Å². The summed E-state index contributed by atoms with van der Waals surface area (Å²) in [5.74, 6) is 0.819. The fraction of sp³-hybridized carbons (Fsp3) is 0.273. The van der Waals surface area contributed by atoms with Gasteiger partial charge in [-0.2, -0.15) is 4.98 Å². The molecule has 0 aliphatic heterocycles. The standard InChI is InChI=1S/C11H12BrN3O2/c12-8-3-1-2-7(4-8)5-10-14-11(15-17-10)9(13)6-16/h1-4,9,16H,5-6,13H2. The SMILES string of the molecule is NC(CO)c1noc(Cc2cccc(Br)c2)n1. The molecule has 0 aliphatic rings. The van der Waals surface area contributed by atoms with E-state index in [4.69, 9.17) is 15.4 Å². The van der Waals surface area contributed by atoms with Crippen molar-refractivity contribution in [3.05, 3.63) is 46.0 Å². The van der Waals surface area contributed by atoms with Crippen molar-refractivity contribution in [3.63, 3.8) is 0 Å². The van der Waals surface area contributed by atoms with Crippen LogP contribution in [0.5, 0.6) is 0 Å². The van der Waals surface area contributed by atoms with Crippen LogP contribution in [0.2, 0.25) is 0 Å². The maximum atomic E-state index is 8.87. The third-order valence-electron chi connectivity index (χ3n) is 2.26. The number of hydrogen-bond acceptors (Lipinski definition) is 5. The van der Waals surface area contributed by atoms with E-state index >= 15 is 0 Å². The Labute approximate surface area is 107 Å². The van der Waals surface area contributed by atoms with Gasteiger partial charge in [-0.1, -0.05) is 33.2 Å². The van der Waals surface area contributed by atoms with Gasteiger partial charge in [-0.3, -0.25) is 0 Å². The second-order valence-electron chi connectivity index (χ2n) is 3.64. The highest BCUT2D eigenvalue weighted by Crippen LogP contribution is 2.15. The molecule has 0 radical (unpaired) electrons. The molecule has 0 spiro atoms. The summed E-state index contributed by atoms with van der Waals surface area (Å²) in [5.41, 5.74) is 6.64. The zero-order valence-corrected chi connectivity index (χ0v) is 10.6. The van der Waals surface area contributed by atoms with Crippen molar-refractivity contribution >= 4 is 15.9 Å². The zero-order valence-electron chi connectivity index (χ0n) is 9.01. The highest BCUT2D eigenvalue weighted by molar-refractivity contribution is 9.10. The maximum absolute atomic E-state index is 8.87. The largest absolute Gasteiger partial charge is 0.394 e. The lowest BCUT2D eigenvalue weighted by molar-refractivity contribution is 0.259. The van der Waals surface area contributed by atoms with Crippen molar-refractivity contribution in [2.45, 2.75) is 12.5 Å². The van der Waals surface area contributed by atoms with Gasteiger partial charge in [-0.05, 0) is 17.7 Å². The lowest BCUT2D eigenvalue weighted by atomic mass is 10.1. The molecule has 3 N–H and O–H groups in total. The van der Waals surface area contributed by atoms with Gasteiger partial charge in [0.1, 0.15) is 0 Å². The van der Waals surface area contributed by atoms with Gasteiger partial charge >= 0.3 is 0 Å². The number of rotatable bonds is 4. The first kappa shape index (κ1) is 12.2. The van der Waals surface area contributed by atoms with Gasteiger partial charge in [-0.25, -0.2) is 0 Å². The molecule has 1 unspecified atom stereocenters. The molecule has 1 heterocycles. The van der Waals surface area contributed by atoms with Gasteiger partial charge in [0.25, 0.3) is 0 Å². The van der Waals surface area contributed by atoms with Crippen LogP contribution in [0.1, 0.15) is 23.3 Å². The van der Waals surface area contributed by atoms with E-state index in [9.17, 15) is 0 Å². The van der Waals surface area contributed by atoms with Crippen molar-refractivity contribution in [1.82, 2.24) is 10.1 Å². The van der Waals surface area contributed by atoms with Crippen LogP contribution in [-0.4, -0.2) is 21.9 Å². The second-order valence-corrected chi connectivity index (χ2v) is 4.56. The Kier molecular flexibility index (Phi) is 3.88. The van der Waals surface area contributed by atoms with Crippen LogP contribution in [0.4, 0.5) is 0 Å². The molecule has 0 saturated carbocycles. The zero-order chi connectivity index (χ0) is 12.3. The Morgan fingerprint density at radius 1 is 1.47 bits per heavy atom. The molecule has 1 aromatic heterocycles. The van der Waals surface area contributed by atoms with E-state index in [2.05, 4.69) is 26.1 Å². The van der Waals surface area contributed by atoms with Crippen LogP contribution in [0.25, 0.3) is 0 Å². The number of halogens is 1.